The van der Waals surface area contributed by atoms with Gasteiger partial charge in [-0.2, -0.15) is 0 Å². The fraction of sp³-hybridized carbons (Fsp3) is 1.00. The summed E-state index contributed by atoms with van der Waals surface area (Å²) < 4.78 is 0. The van der Waals surface area contributed by atoms with E-state index in [1.165, 1.54) is 12.1 Å². The van der Waals surface area contributed by atoms with Crippen molar-refractivity contribution < 1.29 is 0 Å². The zero-order chi connectivity index (χ0) is 14.1. The normalized spacial score (nSPS) is 15.2. The number of hydrogen-bond donors (Lipinski definition) is 0. The first-order valence-electron chi connectivity index (χ1n) is 6.82. The molecule has 0 spiro atoms. The number of hydrogen-bond acceptors (Lipinski definition) is 0. The van der Waals surface area contributed by atoms with Gasteiger partial charge >= 0.3 is 121 Å². The standard InChI is InChI=1S/C14H34Si2Te/c1-13(2,3)11-15(7,8)17-16(9,10)12-14(4,5)6/h11-12H2,1-10H3. The summed E-state index contributed by atoms with van der Waals surface area (Å²) in [4.78, 5) is 0. The minimum absolute atomic E-state index is 0.275. The molecule has 17 heavy (non-hydrogen) atoms. The molecule has 0 fully saturated rings. The van der Waals surface area contributed by atoms with Gasteiger partial charge in [-0.15, -0.1) is 0 Å². The van der Waals surface area contributed by atoms with Gasteiger partial charge in [-0.1, -0.05) is 0 Å². The molecular weight excluding hydrogens is 352 g/mol. The molecule has 0 amide bonds. The Morgan fingerprint density at radius 3 is 1.06 bits per heavy atom. The Morgan fingerprint density at radius 1 is 0.647 bits per heavy atom. The van der Waals surface area contributed by atoms with Gasteiger partial charge in [-0.3, -0.25) is 0 Å². The van der Waals surface area contributed by atoms with Crippen molar-refractivity contribution in [2.75, 3.05) is 0 Å². The topological polar surface area (TPSA) is 0 Å². The Kier molecular flexibility index (Phi) is 6.10. The van der Waals surface area contributed by atoms with Gasteiger partial charge in [-0.25, -0.2) is 0 Å². The maximum atomic E-state index is 2.66. The van der Waals surface area contributed by atoms with E-state index in [9.17, 15) is 0 Å². The Balaban J connectivity index is 4.59. The van der Waals surface area contributed by atoms with Crippen molar-refractivity contribution >= 4 is 30.6 Å². The minimum atomic E-state index is -0.882. The van der Waals surface area contributed by atoms with Crippen LogP contribution in [0, 0.1) is 10.8 Å². The van der Waals surface area contributed by atoms with E-state index in [0.717, 1.165) is 0 Å². The summed E-state index contributed by atoms with van der Waals surface area (Å²) in [7, 11) is 0. The third kappa shape index (κ3) is 10.8. The molecule has 0 saturated heterocycles. The molecule has 0 heterocycles. The van der Waals surface area contributed by atoms with E-state index in [4.69, 9.17) is 0 Å². The Hall–Kier alpha value is 1.22. The van der Waals surface area contributed by atoms with Crippen molar-refractivity contribution in [1.29, 1.82) is 0 Å². The summed E-state index contributed by atoms with van der Waals surface area (Å²) in [6, 6.07) is 3.06. The van der Waals surface area contributed by atoms with Gasteiger partial charge in [0, 0.05) is 0 Å². The first kappa shape index (κ1) is 18.2. The molecule has 0 nitrogen and oxygen atoms in total. The monoisotopic (exact) mass is 388 g/mol. The second kappa shape index (κ2) is 5.69. The van der Waals surface area contributed by atoms with Gasteiger partial charge in [0.15, 0.2) is 0 Å². The van der Waals surface area contributed by atoms with Crippen molar-refractivity contribution in [2.24, 2.45) is 10.8 Å². The van der Waals surface area contributed by atoms with E-state index in [-0.39, 0.29) is 19.3 Å². The molecule has 0 aromatic carbocycles. The van der Waals surface area contributed by atoms with Crippen LogP contribution in [0.3, 0.4) is 0 Å². The van der Waals surface area contributed by atoms with Crippen LogP contribution in [0.5, 0.6) is 0 Å². The summed E-state index contributed by atoms with van der Waals surface area (Å²) in [5.41, 5.74) is -0.668. The van der Waals surface area contributed by atoms with Crippen LogP contribution in [0.25, 0.3) is 0 Å². The molecule has 104 valence electrons. The molecule has 0 aromatic rings. The fourth-order valence-corrected chi connectivity index (χ4v) is 64.6. The van der Waals surface area contributed by atoms with Gasteiger partial charge in [0.05, 0.1) is 0 Å². The first-order chi connectivity index (χ1) is 7.12. The maximum absolute atomic E-state index is 2.66. The summed E-state index contributed by atoms with van der Waals surface area (Å²) >= 11 is 0.275. The molecule has 3 heteroatoms. The third-order valence-corrected chi connectivity index (χ3v) is 41.6. The van der Waals surface area contributed by atoms with Crippen LogP contribution in [-0.2, 0) is 0 Å². The van der Waals surface area contributed by atoms with Gasteiger partial charge in [0.1, 0.15) is 0 Å². The van der Waals surface area contributed by atoms with Gasteiger partial charge in [-0.05, 0) is 0 Å². The molecule has 0 aliphatic carbocycles. The van der Waals surface area contributed by atoms with Crippen LogP contribution in [0.4, 0.5) is 0 Å². The van der Waals surface area contributed by atoms with Crippen LogP contribution < -0.4 is 0 Å². The molecule has 0 N–H and O–H groups in total. The van der Waals surface area contributed by atoms with Crippen LogP contribution in [0.15, 0.2) is 0 Å². The average molecular weight is 386 g/mol. The average Bonchev–Trinajstić information content (AvgIpc) is 1.65. The van der Waals surface area contributed by atoms with Crippen molar-refractivity contribution in [3.05, 3.63) is 0 Å². The molecule has 0 atom stereocenters. The van der Waals surface area contributed by atoms with Crippen LogP contribution in [0.1, 0.15) is 41.5 Å². The summed E-state index contributed by atoms with van der Waals surface area (Å²) in [5.74, 6) is 0. The molecular formula is C14H34Si2Te. The Bertz CT molecular complexity index is 218. The molecule has 0 bridgehead atoms. The molecule has 0 rings (SSSR count). The van der Waals surface area contributed by atoms with Crippen molar-refractivity contribution in [3.63, 3.8) is 0 Å². The molecule has 0 aliphatic heterocycles. The van der Waals surface area contributed by atoms with Crippen molar-refractivity contribution in [2.45, 2.75) is 79.8 Å². The van der Waals surface area contributed by atoms with E-state index in [2.05, 4.69) is 67.7 Å². The molecule has 0 saturated carbocycles. The van der Waals surface area contributed by atoms with Crippen LogP contribution >= 0.6 is 0 Å². The number of rotatable bonds is 4. The van der Waals surface area contributed by atoms with Gasteiger partial charge in [0.25, 0.3) is 0 Å². The molecule has 0 aromatic heterocycles. The molecule has 0 aliphatic rings. The van der Waals surface area contributed by atoms with E-state index in [0.29, 0.717) is 10.8 Å². The van der Waals surface area contributed by atoms with Crippen molar-refractivity contribution in [3.8, 4) is 0 Å². The SMILES string of the molecule is CC(C)(C)C[Si](C)(C)[Te][Si](C)(C)CC(C)(C)C. The summed E-state index contributed by atoms with van der Waals surface area (Å²) in [5, 5.41) is 0. The Labute approximate surface area is 121 Å². The summed E-state index contributed by atoms with van der Waals surface area (Å²) in [6.45, 7) is 25.2. The Morgan fingerprint density at radius 2 is 0.882 bits per heavy atom. The summed E-state index contributed by atoms with van der Waals surface area (Å²) in [6.07, 6.45) is 0. The van der Waals surface area contributed by atoms with Crippen LogP contribution in [-0.4, -0.2) is 30.6 Å². The second-order valence-corrected chi connectivity index (χ2v) is 41.8. The third-order valence-electron chi connectivity index (χ3n) is 2.46. The van der Waals surface area contributed by atoms with E-state index < -0.39 is 11.2 Å². The van der Waals surface area contributed by atoms with Crippen LogP contribution in [0.2, 0.25) is 38.3 Å². The quantitative estimate of drug-likeness (QED) is 0.584. The van der Waals surface area contributed by atoms with E-state index in [1.807, 2.05) is 0 Å². The molecule has 0 unspecified atom stereocenters. The zero-order valence-electron chi connectivity index (χ0n) is 13.8. The second-order valence-electron chi connectivity index (χ2n) is 9.10. The van der Waals surface area contributed by atoms with Crippen molar-refractivity contribution in [1.82, 2.24) is 0 Å². The predicted octanol–water partition coefficient (Wildman–Crippen LogP) is 5.19. The van der Waals surface area contributed by atoms with E-state index >= 15 is 0 Å². The van der Waals surface area contributed by atoms with E-state index in [1.54, 1.807) is 0 Å². The first-order valence-corrected chi connectivity index (χ1v) is 20.0. The molecule has 0 radical (unpaired) electrons. The predicted molar refractivity (Wildman–Crippen MR) is 89.2 cm³/mol. The van der Waals surface area contributed by atoms with Gasteiger partial charge in [0.2, 0.25) is 0 Å². The van der Waals surface area contributed by atoms with Gasteiger partial charge < -0.3 is 0 Å². The fourth-order valence-electron chi connectivity index (χ4n) is 3.37. The zero-order valence-corrected chi connectivity index (χ0v) is 18.2.